The highest BCUT2D eigenvalue weighted by Crippen LogP contribution is 2.62. The minimum atomic E-state index is -0.0674. The van der Waals surface area contributed by atoms with Crippen molar-refractivity contribution < 1.29 is 4.79 Å². The third-order valence-electron chi connectivity index (χ3n) is 6.58. The molecule has 164 valence electrons. The largest absolute Gasteiger partial charge is 0.381 e. The zero-order chi connectivity index (χ0) is 23.0. The van der Waals surface area contributed by atoms with Crippen molar-refractivity contribution in [3.63, 3.8) is 0 Å². The number of aromatic nitrogens is 3. The summed E-state index contributed by atoms with van der Waals surface area (Å²) in [5.74, 6) is 0.496. The summed E-state index contributed by atoms with van der Waals surface area (Å²) in [6, 6.07) is 6.26. The van der Waals surface area contributed by atoms with Crippen molar-refractivity contribution in [3.05, 3.63) is 53.1 Å². The molecule has 5 rings (SSSR count). The van der Waals surface area contributed by atoms with E-state index >= 15 is 0 Å². The van der Waals surface area contributed by atoms with E-state index in [1.54, 1.807) is 17.4 Å². The van der Waals surface area contributed by atoms with Crippen molar-refractivity contribution >= 4 is 46.3 Å². The summed E-state index contributed by atoms with van der Waals surface area (Å²) >= 11 is 1.79. The van der Waals surface area contributed by atoms with Crippen LogP contribution in [0, 0.1) is 12.3 Å². The van der Waals surface area contributed by atoms with Crippen LogP contribution in [0.25, 0.3) is 15.9 Å². The Labute approximate surface area is 195 Å². The Bertz CT molecular complexity index is 1130. The van der Waals surface area contributed by atoms with E-state index in [0.29, 0.717) is 28.8 Å². The molecule has 0 saturated heterocycles. The van der Waals surface area contributed by atoms with Gasteiger partial charge in [0.25, 0.3) is 0 Å². The van der Waals surface area contributed by atoms with Crippen LogP contribution in [0.15, 0.2) is 31.1 Å². The molecule has 0 amide bonds. The summed E-state index contributed by atoms with van der Waals surface area (Å²) in [5, 5.41) is 4.74. The molecule has 0 aliphatic heterocycles. The van der Waals surface area contributed by atoms with E-state index in [-0.39, 0.29) is 5.78 Å². The van der Waals surface area contributed by atoms with Crippen LogP contribution in [0.4, 0.5) is 0 Å². The monoisotopic (exact) mass is 444 g/mol. The smallest absolute Gasteiger partial charge is 0.178 e. The molecule has 2 fully saturated rings. The first kappa shape index (κ1) is 22.7. The van der Waals surface area contributed by atoms with Crippen molar-refractivity contribution in [1.29, 1.82) is 0 Å². The van der Waals surface area contributed by atoms with Crippen molar-refractivity contribution in [1.82, 2.24) is 20.3 Å². The predicted molar refractivity (Wildman–Crippen MR) is 133 cm³/mol. The molecular weight excluding hydrogens is 415 g/mol. The Morgan fingerprint density at radius 2 is 1.84 bits per heavy atom. The first-order valence-electron chi connectivity index (χ1n) is 11.3. The van der Waals surface area contributed by atoms with Crippen LogP contribution in [0.1, 0.15) is 79.1 Å². The lowest BCUT2D eigenvalue weighted by Gasteiger charge is -2.57. The number of nitrogens with zero attached hydrogens (tertiary/aromatic N) is 3. The second kappa shape index (κ2) is 8.78. The van der Waals surface area contributed by atoms with Crippen molar-refractivity contribution in [2.75, 3.05) is 0 Å². The normalized spacial score (nSPS) is 23.6. The quantitative estimate of drug-likeness (QED) is 0.456. The predicted octanol–water partition coefficient (Wildman–Crippen LogP) is 4.70. The van der Waals surface area contributed by atoms with Gasteiger partial charge in [-0.25, -0.2) is 15.0 Å². The molecular formula is C25H29BN4OS. The van der Waals surface area contributed by atoms with E-state index in [0.717, 1.165) is 35.1 Å². The van der Waals surface area contributed by atoms with E-state index in [9.17, 15) is 4.79 Å². The summed E-state index contributed by atoms with van der Waals surface area (Å²) in [6.07, 6.45) is 6.11. The van der Waals surface area contributed by atoms with Crippen LogP contribution in [0.3, 0.4) is 0 Å². The third kappa shape index (κ3) is 4.23. The molecule has 1 spiro atoms. The minimum absolute atomic E-state index is 0.0674. The Morgan fingerprint density at radius 3 is 2.53 bits per heavy atom. The molecule has 0 unspecified atom stereocenters. The lowest BCUT2D eigenvalue weighted by molar-refractivity contribution is -0.0155. The number of nitrogens with one attached hydrogen (secondary N) is 1. The molecule has 1 aromatic carbocycles. The lowest BCUT2D eigenvalue weighted by Crippen LogP contribution is -2.53. The highest BCUT2D eigenvalue weighted by atomic mass is 32.1. The Kier molecular flexibility index (Phi) is 6.21. The molecule has 2 aromatic heterocycles. The molecule has 5 nitrogen and oxygen atoms in total. The molecule has 2 radical (unpaired) electrons. The van der Waals surface area contributed by atoms with Gasteiger partial charge >= 0.3 is 0 Å². The van der Waals surface area contributed by atoms with Gasteiger partial charge in [-0.1, -0.05) is 31.5 Å². The number of thiazole rings is 1. The zero-order valence-electron chi connectivity index (χ0n) is 19.2. The maximum absolute atomic E-state index is 11.5. The number of fused-ring (bicyclic) bond motifs is 1. The SMILES string of the molecule is CC.[B]c1cc2sc(C3CC4(CC(NC(=C)c5cc(C(C)=O)ncn5)C4)C3)nc2cc1C. The molecule has 2 heterocycles. The number of carbonyl (C=O) groups is 1. The average Bonchev–Trinajstić information content (AvgIpc) is 3.12. The average molecular weight is 444 g/mol. The number of Topliss-reactive ketones (excluding diaryl/α,β-unsaturated/α-hetero) is 1. The zero-order valence-corrected chi connectivity index (χ0v) is 20.1. The van der Waals surface area contributed by atoms with Gasteiger partial charge in [0, 0.05) is 18.9 Å². The van der Waals surface area contributed by atoms with Gasteiger partial charge in [0.05, 0.1) is 26.6 Å². The molecule has 1 N–H and O–H groups in total. The van der Waals surface area contributed by atoms with Crippen LogP contribution in [0.5, 0.6) is 0 Å². The lowest BCUT2D eigenvalue weighted by atomic mass is 9.50. The van der Waals surface area contributed by atoms with E-state index in [1.165, 1.54) is 35.8 Å². The van der Waals surface area contributed by atoms with Crippen molar-refractivity contribution in [3.8, 4) is 0 Å². The molecule has 2 aliphatic rings. The Hall–Kier alpha value is -2.54. The van der Waals surface area contributed by atoms with Crippen LogP contribution in [0.2, 0.25) is 0 Å². The van der Waals surface area contributed by atoms with Gasteiger partial charge in [-0.05, 0) is 56.2 Å². The van der Waals surface area contributed by atoms with Gasteiger partial charge in [0.15, 0.2) is 5.78 Å². The van der Waals surface area contributed by atoms with Gasteiger partial charge in [0.2, 0.25) is 0 Å². The fraction of sp³-hybridized carbons (Fsp3) is 0.440. The number of hydrogen-bond donors (Lipinski definition) is 1. The molecule has 0 atom stereocenters. The van der Waals surface area contributed by atoms with Gasteiger partial charge in [0.1, 0.15) is 19.9 Å². The van der Waals surface area contributed by atoms with Crippen LogP contribution in [-0.4, -0.2) is 34.6 Å². The summed E-state index contributed by atoms with van der Waals surface area (Å²) in [7, 11) is 6.05. The highest BCUT2D eigenvalue weighted by molar-refractivity contribution is 7.18. The van der Waals surface area contributed by atoms with E-state index in [4.69, 9.17) is 12.8 Å². The number of rotatable bonds is 5. The van der Waals surface area contributed by atoms with Crippen LogP contribution >= 0.6 is 11.3 Å². The van der Waals surface area contributed by atoms with Gasteiger partial charge < -0.3 is 5.32 Å². The summed E-state index contributed by atoms with van der Waals surface area (Å²) in [6.45, 7) is 11.6. The standard InChI is InChI=1S/C23H23BN4OS.C2H6/c1-12-4-20-21(5-17(12)24)30-22(28-20)15-7-23(8-15)9-16(10-23)27-13(2)18-6-19(14(3)29)26-11-25-18;1-2/h4-6,11,15-16,27H,2,7-10H2,1,3H3;1-2H3. The highest BCUT2D eigenvalue weighted by Gasteiger charge is 2.53. The maximum atomic E-state index is 11.5. The summed E-state index contributed by atoms with van der Waals surface area (Å²) in [5.41, 5.74) is 5.31. The first-order chi connectivity index (χ1) is 15.3. The van der Waals surface area contributed by atoms with Gasteiger partial charge in [-0.3, -0.25) is 4.79 Å². The third-order valence-corrected chi connectivity index (χ3v) is 7.76. The fourth-order valence-electron chi connectivity index (χ4n) is 4.90. The van der Waals surface area contributed by atoms with E-state index < -0.39 is 0 Å². The van der Waals surface area contributed by atoms with E-state index in [1.807, 2.05) is 20.8 Å². The topological polar surface area (TPSA) is 67.8 Å². The second-order valence-corrected chi connectivity index (χ2v) is 9.97. The number of benzene rings is 1. The number of aryl methyl sites for hydroxylation is 1. The van der Waals surface area contributed by atoms with Crippen LogP contribution < -0.4 is 10.8 Å². The maximum Gasteiger partial charge on any atom is 0.178 e. The number of hydrogen-bond acceptors (Lipinski definition) is 6. The molecule has 3 aromatic rings. The summed E-state index contributed by atoms with van der Waals surface area (Å²) < 4.78 is 1.19. The molecule has 7 heteroatoms. The van der Waals surface area contributed by atoms with Gasteiger partial charge in [-0.2, -0.15) is 0 Å². The molecule has 2 aliphatic carbocycles. The van der Waals surface area contributed by atoms with Crippen molar-refractivity contribution in [2.24, 2.45) is 5.41 Å². The Morgan fingerprint density at radius 1 is 1.16 bits per heavy atom. The van der Waals surface area contributed by atoms with E-state index in [2.05, 4.69) is 34.0 Å². The van der Waals surface area contributed by atoms with Crippen LogP contribution in [-0.2, 0) is 0 Å². The second-order valence-electron chi connectivity index (χ2n) is 8.91. The Balaban J connectivity index is 0.00000119. The summed E-state index contributed by atoms with van der Waals surface area (Å²) in [4.78, 5) is 24.7. The minimum Gasteiger partial charge on any atom is -0.381 e. The van der Waals surface area contributed by atoms with Crippen molar-refractivity contribution in [2.45, 2.75) is 65.3 Å². The number of carbonyl (C=O) groups excluding carboxylic acids is 1. The molecule has 32 heavy (non-hydrogen) atoms. The molecule has 2 saturated carbocycles. The number of ketones is 1. The first-order valence-corrected chi connectivity index (χ1v) is 12.1. The fourth-order valence-corrected chi connectivity index (χ4v) is 6.00. The molecule has 0 bridgehead atoms. The van der Waals surface area contributed by atoms with Gasteiger partial charge in [-0.15, -0.1) is 11.3 Å².